The second-order valence-electron chi connectivity index (χ2n) is 10.1. The normalized spacial score (nSPS) is 12.7. The van der Waals surface area contributed by atoms with Gasteiger partial charge in [0.05, 0.1) is 17.6 Å². The van der Waals surface area contributed by atoms with Crippen LogP contribution < -0.4 is 15.4 Å². The van der Waals surface area contributed by atoms with E-state index < -0.39 is 6.03 Å². The molecule has 0 saturated carbocycles. The van der Waals surface area contributed by atoms with Crippen LogP contribution in [0.4, 0.5) is 22.1 Å². The first-order chi connectivity index (χ1) is 18.2. The van der Waals surface area contributed by atoms with Crippen LogP contribution in [0.2, 0.25) is 0 Å². The van der Waals surface area contributed by atoms with Crippen molar-refractivity contribution >= 4 is 35.4 Å². The van der Waals surface area contributed by atoms with E-state index in [-0.39, 0.29) is 17.6 Å². The number of nitrogens with one attached hydrogen (secondary N) is 2. The van der Waals surface area contributed by atoms with Gasteiger partial charge in [-0.2, -0.15) is 5.10 Å². The minimum absolute atomic E-state index is 0.109. The summed E-state index contributed by atoms with van der Waals surface area (Å²) >= 11 is 0. The molecule has 192 valence electrons. The Morgan fingerprint density at radius 3 is 2.58 bits per heavy atom. The number of hydrogen-bond donors (Lipinski definition) is 2. The second-order valence-corrected chi connectivity index (χ2v) is 10.1. The number of carbonyl (C=O) groups is 2. The van der Waals surface area contributed by atoms with Crippen LogP contribution in [-0.4, -0.2) is 32.8 Å². The van der Waals surface area contributed by atoms with Crippen molar-refractivity contribution in [3.8, 4) is 17.2 Å². The molecule has 1 aliphatic rings. The SMILES string of the molecule is Cc1ccc(-n2nc(C(C)(C)C)cc2NC(=O)Nc2cccc(Oc3ccnc4c3CC(=O)C=N4)c2)cc1. The Morgan fingerprint density at radius 2 is 1.82 bits per heavy atom. The lowest BCUT2D eigenvalue weighted by atomic mass is 9.92. The van der Waals surface area contributed by atoms with Gasteiger partial charge in [0.1, 0.15) is 17.3 Å². The van der Waals surface area contributed by atoms with E-state index in [2.05, 4.69) is 41.4 Å². The molecule has 2 amide bonds. The Bertz CT molecular complexity index is 1550. The molecule has 2 aromatic heterocycles. The highest BCUT2D eigenvalue weighted by Crippen LogP contribution is 2.33. The summed E-state index contributed by atoms with van der Waals surface area (Å²) in [4.78, 5) is 33.1. The van der Waals surface area contributed by atoms with Gasteiger partial charge in [0, 0.05) is 41.4 Å². The van der Waals surface area contributed by atoms with Crippen molar-refractivity contribution in [1.82, 2.24) is 14.8 Å². The van der Waals surface area contributed by atoms with E-state index in [4.69, 9.17) is 9.84 Å². The largest absolute Gasteiger partial charge is 0.457 e. The average Bonchev–Trinajstić information content (AvgIpc) is 3.29. The van der Waals surface area contributed by atoms with Crippen LogP contribution >= 0.6 is 0 Å². The Balaban J connectivity index is 1.34. The summed E-state index contributed by atoms with van der Waals surface area (Å²) in [6.07, 6.45) is 3.03. The van der Waals surface area contributed by atoms with Crippen molar-refractivity contribution in [1.29, 1.82) is 0 Å². The maximum atomic E-state index is 13.0. The summed E-state index contributed by atoms with van der Waals surface area (Å²) in [6, 6.07) is 18.1. The summed E-state index contributed by atoms with van der Waals surface area (Å²) < 4.78 is 7.77. The molecular weight excluding hydrogens is 480 g/mol. The summed E-state index contributed by atoms with van der Waals surface area (Å²) in [6.45, 7) is 8.25. The number of rotatable bonds is 5. The molecule has 0 radical (unpaired) electrons. The van der Waals surface area contributed by atoms with Crippen molar-refractivity contribution in [2.75, 3.05) is 10.6 Å². The number of benzene rings is 2. The van der Waals surface area contributed by atoms with E-state index in [9.17, 15) is 9.59 Å². The first kappa shape index (κ1) is 24.9. The number of hydrogen-bond acceptors (Lipinski definition) is 6. The Kier molecular flexibility index (Phi) is 6.50. The van der Waals surface area contributed by atoms with Gasteiger partial charge in [0.25, 0.3) is 0 Å². The molecule has 0 unspecified atom stereocenters. The van der Waals surface area contributed by atoms with E-state index >= 15 is 0 Å². The fraction of sp³-hybridized carbons (Fsp3) is 0.207. The predicted octanol–water partition coefficient (Wildman–Crippen LogP) is 6.14. The highest BCUT2D eigenvalue weighted by Gasteiger charge is 2.22. The Labute approximate surface area is 220 Å². The second kappa shape index (κ2) is 9.93. The number of aryl methyl sites for hydroxylation is 1. The first-order valence-electron chi connectivity index (χ1n) is 12.2. The molecule has 5 rings (SSSR count). The van der Waals surface area contributed by atoms with E-state index in [1.807, 2.05) is 37.3 Å². The van der Waals surface area contributed by atoms with Gasteiger partial charge in [-0.15, -0.1) is 0 Å². The number of amides is 2. The van der Waals surface area contributed by atoms with Crippen molar-refractivity contribution < 1.29 is 14.3 Å². The lowest BCUT2D eigenvalue weighted by Gasteiger charge is -2.15. The molecule has 3 heterocycles. The van der Waals surface area contributed by atoms with Crippen LogP contribution in [0.25, 0.3) is 5.69 Å². The molecule has 1 aliphatic heterocycles. The number of carbonyl (C=O) groups excluding carboxylic acids is 2. The molecule has 4 aromatic rings. The van der Waals surface area contributed by atoms with Gasteiger partial charge in [-0.1, -0.05) is 44.5 Å². The molecular formula is C29H28N6O3. The van der Waals surface area contributed by atoms with Crippen LogP contribution in [0, 0.1) is 6.92 Å². The number of anilines is 2. The maximum absolute atomic E-state index is 13.0. The Hall–Kier alpha value is -4.79. The lowest BCUT2D eigenvalue weighted by molar-refractivity contribution is -0.112. The van der Waals surface area contributed by atoms with Crippen molar-refractivity contribution in [2.45, 2.75) is 39.5 Å². The molecule has 2 N–H and O–H groups in total. The van der Waals surface area contributed by atoms with Crippen LogP contribution in [0.15, 0.2) is 71.9 Å². The summed E-state index contributed by atoms with van der Waals surface area (Å²) in [5.74, 6) is 1.91. The molecule has 0 spiro atoms. The summed E-state index contributed by atoms with van der Waals surface area (Å²) in [5, 5.41) is 10.5. The molecule has 0 fully saturated rings. The van der Waals surface area contributed by atoms with Crippen molar-refractivity contribution in [2.24, 2.45) is 4.99 Å². The van der Waals surface area contributed by atoms with Gasteiger partial charge in [-0.25, -0.2) is 19.5 Å². The van der Waals surface area contributed by atoms with Crippen molar-refractivity contribution in [3.05, 3.63) is 83.7 Å². The number of pyridine rings is 1. The minimum Gasteiger partial charge on any atom is -0.457 e. The zero-order valence-electron chi connectivity index (χ0n) is 21.6. The van der Waals surface area contributed by atoms with Gasteiger partial charge in [-0.3, -0.25) is 10.1 Å². The number of urea groups is 1. The maximum Gasteiger partial charge on any atom is 0.324 e. The molecule has 0 saturated heterocycles. The van der Waals surface area contributed by atoms with Crippen molar-refractivity contribution in [3.63, 3.8) is 0 Å². The third-order valence-electron chi connectivity index (χ3n) is 5.99. The molecule has 0 atom stereocenters. The number of aromatic nitrogens is 3. The van der Waals surface area contributed by atoms with Gasteiger partial charge < -0.3 is 10.1 Å². The molecule has 9 nitrogen and oxygen atoms in total. The zero-order chi connectivity index (χ0) is 26.9. The molecule has 2 aromatic carbocycles. The van der Waals surface area contributed by atoms with Crippen LogP contribution in [0.3, 0.4) is 0 Å². The third-order valence-corrected chi connectivity index (χ3v) is 5.99. The molecule has 9 heteroatoms. The fourth-order valence-corrected chi connectivity index (χ4v) is 3.95. The number of ketones is 1. The molecule has 0 aliphatic carbocycles. The quantitative estimate of drug-likeness (QED) is 0.337. The number of aliphatic imine (C=N–C) groups is 1. The van der Waals surface area contributed by atoms with Gasteiger partial charge in [-0.05, 0) is 37.3 Å². The van der Waals surface area contributed by atoms with Crippen LogP contribution in [-0.2, 0) is 16.6 Å². The van der Waals surface area contributed by atoms with E-state index in [1.54, 1.807) is 41.2 Å². The molecule has 38 heavy (non-hydrogen) atoms. The zero-order valence-corrected chi connectivity index (χ0v) is 21.6. The minimum atomic E-state index is -0.419. The van der Waals surface area contributed by atoms with Gasteiger partial charge in [0.2, 0.25) is 0 Å². The number of ether oxygens (including phenoxy) is 1. The standard InChI is InChI=1S/C29H28N6O3/c1-18-8-10-20(11-9-18)35-26(16-25(34-35)29(2,3)4)33-28(37)32-19-6-5-7-22(14-19)38-24-12-13-30-27-23(24)15-21(36)17-31-27/h5-14,16-17H,15H2,1-4H3,(H2,32,33,37). The van der Waals surface area contributed by atoms with E-state index in [0.29, 0.717) is 34.4 Å². The summed E-state index contributed by atoms with van der Waals surface area (Å²) in [5.41, 5.74) is 3.81. The number of fused-ring (bicyclic) bond motifs is 1. The Morgan fingerprint density at radius 1 is 1.03 bits per heavy atom. The lowest BCUT2D eigenvalue weighted by Crippen LogP contribution is -2.21. The van der Waals surface area contributed by atoms with Gasteiger partial charge >= 0.3 is 6.03 Å². The van der Waals surface area contributed by atoms with Crippen LogP contribution in [0.5, 0.6) is 11.5 Å². The van der Waals surface area contributed by atoms with Crippen LogP contribution in [0.1, 0.15) is 37.6 Å². The number of nitrogens with zero attached hydrogens (tertiary/aromatic N) is 4. The third kappa shape index (κ3) is 5.46. The molecule has 0 bridgehead atoms. The average molecular weight is 509 g/mol. The number of Topliss-reactive ketones (excluding diaryl/α,β-unsaturated/α-hetero) is 1. The fourth-order valence-electron chi connectivity index (χ4n) is 3.95. The van der Waals surface area contributed by atoms with Gasteiger partial charge in [0.15, 0.2) is 11.6 Å². The highest BCUT2D eigenvalue weighted by molar-refractivity contribution is 6.29. The van der Waals surface area contributed by atoms with E-state index in [0.717, 1.165) is 16.9 Å². The van der Waals surface area contributed by atoms with E-state index in [1.165, 1.54) is 6.21 Å². The highest BCUT2D eigenvalue weighted by atomic mass is 16.5. The summed E-state index contributed by atoms with van der Waals surface area (Å²) in [7, 11) is 0. The predicted molar refractivity (Wildman–Crippen MR) is 147 cm³/mol. The smallest absolute Gasteiger partial charge is 0.324 e. The monoisotopic (exact) mass is 508 g/mol. The topological polar surface area (TPSA) is 111 Å². The first-order valence-corrected chi connectivity index (χ1v) is 12.2.